The average molecular weight is 252 g/mol. The fraction of sp³-hybridized carbons (Fsp3) is 0.571. The molecule has 3 nitrogen and oxygen atoms in total. The van der Waals surface area contributed by atoms with E-state index in [1.165, 1.54) is 25.0 Å². The molecule has 1 aliphatic heterocycles. The second-order valence-corrected chi connectivity index (χ2v) is 4.73. The molecule has 1 heterocycles. The third-order valence-corrected chi connectivity index (χ3v) is 3.40. The van der Waals surface area contributed by atoms with Crippen LogP contribution < -0.4 is 10.1 Å². The van der Waals surface area contributed by atoms with Gasteiger partial charge in [0.2, 0.25) is 0 Å². The number of likely N-dealkylation sites (N-methyl/N-ethyl adjacent to an activating group) is 1. The van der Waals surface area contributed by atoms with E-state index in [1.807, 2.05) is 7.05 Å². The van der Waals surface area contributed by atoms with Crippen LogP contribution in [0.4, 0.5) is 4.39 Å². The number of nitrogens with one attached hydrogen (secondary N) is 1. The summed E-state index contributed by atoms with van der Waals surface area (Å²) in [4.78, 5) is 2.41. The molecular formula is C14H21FN2O. The maximum absolute atomic E-state index is 12.7. The molecule has 1 aliphatic rings. The van der Waals surface area contributed by atoms with Gasteiger partial charge in [0.1, 0.15) is 18.2 Å². The third kappa shape index (κ3) is 3.96. The number of likely N-dealkylation sites (tertiary alicyclic amines) is 1. The predicted octanol–water partition coefficient (Wildman–Crippen LogP) is 1.89. The topological polar surface area (TPSA) is 24.5 Å². The lowest BCUT2D eigenvalue weighted by Gasteiger charge is -2.32. The standard InChI is InChI=1S/C14H21FN2O/c1-16-13-3-2-8-17(11-13)9-10-18-14-6-4-12(15)5-7-14/h4-7,13,16H,2-3,8-11H2,1H3. The van der Waals surface area contributed by atoms with Crippen LogP contribution in [0.3, 0.4) is 0 Å². The molecule has 1 saturated heterocycles. The van der Waals surface area contributed by atoms with E-state index in [-0.39, 0.29) is 5.82 Å². The minimum absolute atomic E-state index is 0.227. The summed E-state index contributed by atoms with van der Waals surface area (Å²) < 4.78 is 18.3. The van der Waals surface area contributed by atoms with Crippen LogP contribution in [0.2, 0.25) is 0 Å². The number of benzene rings is 1. The summed E-state index contributed by atoms with van der Waals surface area (Å²) in [7, 11) is 2.02. The molecule has 0 aliphatic carbocycles. The molecule has 0 bridgehead atoms. The van der Waals surface area contributed by atoms with Gasteiger partial charge in [0.15, 0.2) is 0 Å². The summed E-state index contributed by atoms with van der Waals surface area (Å²) in [5, 5.41) is 3.32. The molecule has 2 rings (SSSR count). The Morgan fingerprint density at radius 2 is 2.17 bits per heavy atom. The predicted molar refractivity (Wildman–Crippen MR) is 70.4 cm³/mol. The van der Waals surface area contributed by atoms with Crippen molar-refractivity contribution in [1.82, 2.24) is 10.2 Å². The number of hydrogen-bond acceptors (Lipinski definition) is 3. The van der Waals surface area contributed by atoms with Gasteiger partial charge in [-0.1, -0.05) is 0 Å². The van der Waals surface area contributed by atoms with Gasteiger partial charge in [-0.3, -0.25) is 4.90 Å². The average Bonchev–Trinajstić information content (AvgIpc) is 2.41. The monoisotopic (exact) mass is 252 g/mol. The Bertz CT molecular complexity index is 355. The molecule has 0 amide bonds. The second kappa shape index (κ2) is 6.71. The highest BCUT2D eigenvalue weighted by Crippen LogP contribution is 2.12. The van der Waals surface area contributed by atoms with Gasteiger partial charge in [-0.15, -0.1) is 0 Å². The van der Waals surface area contributed by atoms with Gasteiger partial charge in [0.25, 0.3) is 0 Å². The highest BCUT2D eigenvalue weighted by Gasteiger charge is 2.17. The molecule has 0 spiro atoms. The van der Waals surface area contributed by atoms with Crippen molar-refractivity contribution in [3.8, 4) is 5.75 Å². The first-order chi connectivity index (χ1) is 8.78. The quantitative estimate of drug-likeness (QED) is 0.866. The molecule has 18 heavy (non-hydrogen) atoms. The Kier molecular flexibility index (Phi) is 4.96. The van der Waals surface area contributed by atoms with Gasteiger partial charge >= 0.3 is 0 Å². The molecule has 1 aromatic carbocycles. The van der Waals surface area contributed by atoms with Gasteiger partial charge in [0.05, 0.1) is 0 Å². The summed E-state index contributed by atoms with van der Waals surface area (Å²) in [5.41, 5.74) is 0. The lowest BCUT2D eigenvalue weighted by molar-refractivity contribution is 0.162. The maximum atomic E-state index is 12.7. The van der Waals surface area contributed by atoms with Crippen molar-refractivity contribution in [1.29, 1.82) is 0 Å². The van der Waals surface area contributed by atoms with Crippen molar-refractivity contribution in [2.24, 2.45) is 0 Å². The molecule has 1 fully saturated rings. The molecule has 100 valence electrons. The minimum Gasteiger partial charge on any atom is -0.492 e. The van der Waals surface area contributed by atoms with Crippen LogP contribution in [0.5, 0.6) is 5.75 Å². The molecule has 1 unspecified atom stereocenters. The van der Waals surface area contributed by atoms with Gasteiger partial charge in [-0.2, -0.15) is 0 Å². The molecule has 4 heteroatoms. The third-order valence-electron chi connectivity index (χ3n) is 3.40. The van der Waals surface area contributed by atoms with Crippen molar-refractivity contribution < 1.29 is 9.13 Å². The van der Waals surface area contributed by atoms with Crippen molar-refractivity contribution in [2.75, 3.05) is 33.3 Å². The Morgan fingerprint density at radius 1 is 1.39 bits per heavy atom. The van der Waals surface area contributed by atoms with Crippen LogP contribution in [-0.2, 0) is 0 Å². The summed E-state index contributed by atoms with van der Waals surface area (Å²) in [5.74, 6) is 0.508. The Hall–Kier alpha value is -1.13. The zero-order valence-electron chi connectivity index (χ0n) is 10.9. The summed E-state index contributed by atoms with van der Waals surface area (Å²) in [6.07, 6.45) is 2.49. The number of ether oxygens (including phenoxy) is 1. The van der Waals surface area contributed by atoms with Crippen LogP contribution in [0.1, 0.15) is 12.8 Å². The molecule has 1 N–H and O–H groups in total. The first kappa shape index (κ1) is 13.3. The van der Waals surface area contributed by atoms with Crippen LogP contribution in [0.25, 0.3) is 0 Å². The molecular weight excluding hydrogens is 231 g/mol. The van der Waals surface area contributed by atoms with E-state index in [2.05, 4.69) is 10.2 Å². The number of nitrogens with zero attached hydrogens (tertiary/aromatic N) is 1. The van der Waals surface area contributed by atoms with Gasteiger partial charge in [0, 0.05) is 19.1 Å². The zero-order chi connectivity index (χ0) is 12.8. The molecule has 0 saturated carbocycles. The van der Waals surface area contributed by atoms with Crippen molar-refractivity contribution >= 4 is 0 Å². The van der Waals surface area contributed by atoms with Crippen molar-refractivity contribution in [2.45, 2.75) is 18.9 Å². The van der Waals surface area contributed by atoms with Crippen molar-refractivity contribution in [3.05, 3.63) is 30.1 Å². The first-order valence-electron chi connectivity index (χ1n) is 6.56. The van der Waals surface area contributed by atoms with E-state index < -0.39 is 0 Å². The lowest BCUT2D eigenvalue weighted by Crippen LogP contribution is -2.45. The summed E-state index contributed by atoms with van der Waals surface area (Å²) in [6, 6.07) is 6.79. The zero-order valence-corrected chi connectivity index (χ0v) is 10.9. The molecule has 1 atom stereocenters. The minimum atomic E-state index is -0.227. The smallest absolute Gasteiger partial charge is 0.123 e. The van der Waals surface area contributed by atoms with E-state index >= 15 is 0 Å². The highest BCUT2D eigenvalue weighted by molar-refractivity contribution is 5.21. The number of halogens is 1. The Balaban J connectivity index is 1.70. The fourth-order valence-electron chi connectivity index (χ4n) is 2.32. The first-order valence-corrected chi connectivity index (χ1v) is 6.56. The SMILES string of the molecule is CNC1CCCN(CCOc2ccc(F)cc2)C1. The van der Waals surface area contributed by atoms with E-state index in [4.69, 9.17) is 4.74 Å². The van der Waals surface area contributed by atoms with Crippen LogP contribution in [-0.4, -0.2) is 44.2 Å². The number of hydrogen-bond donors (Lipinski definition) is 1. The van der Waals surface area contributed by atoms with E-state index in [0.717, 1.165) is 25.4 Å². The summed E-state index contributed by atoms with van der Waals surface area (Å²) >= 11 is 0. The van der Waals surface area contributed by atoms with Gasteiger partial charge in [-0.25, -0.2) is 4.39 Å². The van der Waals surface area contributed by atoms with Gasteiger partial charge < -0.3 is 10.1 Å². The highest BCUT2D eigenvalue weighted by atomic mass is 19.1. The van der Waals surface area contributed by atoms with E-state index in [9.17, 15) is 4.39 Å². The lowest BCUT2D eigenvalue weighted by atomic mass is 10.1. The summed E-state index contributed by atoms with van der Waals surface area (Å²) in [6.45, 7) is 3.81. The molecule has 0 radical (unpaired) electrons. The maximum Gasteiger partial charge on any atom is 0.123 e. The normalized spacial score (nSPS) is 20.9. The molecule has 1 aromatic rings. The van der Waals surface area contributed by atoms with E-state index in [0.29, 0.717) is 12.6 Å². The number of rotatable bonds is 5. The Morgan fingerprint density at radius 3 is 2.89 bits per heavy atom. The largest absolute Gasteiger partial charge is 0.492 e. The number of piperidine rings is 1. The van der Waals surface area contributed by atoms with E-state index in [1.54, 1.807) is 12.1 Å². The van der Waals surface area contributed by atoms with Crippen LogP contribution >= 0.6 is 0 Å². The second-order valence-electron chi connectivity index (χ2n) is 4.73. The van der Waals surface area contributed by atoms with Gasteiger partial charge in [-0.05, 0) is 50.7 Å². The van der Waals surface area contributed by atoms with Crippen LogP contribution in [0.15, 0.2) is 24.3 Å². The molecule has 0 aromatic heterocycles. The van der Waals surface area contributed by atoms with Crippen LogP contribution in [0, 0.1) is 5.82 Å². The fourth-order valence-corrected chi connectivity index (χ4v) is 2.32. The van der Waals surface area contributed by atoms with Crippen molar-refractivity contribution in [3.63, 3.8) is 0 Å². The Labute approximate surface area is 108 Å².